The molecule has 2 aromatic carbocycles. The molecule has 9 nitrogen and oxygen atoms in total. The molecule has 0 atom stereocenters. The van der Waals surface area contributed by atoms with Crippen molar-refractivity contribution in [1.29, 1.82) is 0 Å². The van der Waals surface area contributed by atoms with Crippen LogP contribution >= 0.6 is 0 Å². The van der Waals surface area contributed by atoms with Gasteiger partial charge in [0.15, 0.2) is 5.76 Å². The first-order valence-electron chi connectivity index (χ1n) is 9.80. The van der Waals surface area contributed by atoms with Gasteiger partial charge in [0, 0.05) is 17.7 Å². The third kappa shape index (κ3) is 4.27. The molecule has 0 aliphatic rings. The van der Waals surface area contributed by atoms with Crippen LogP contribution in [-0.2, 0) is 10.0 Å². The summed E-state index contributed by atoms with van der Waals surface area (Å²) in [4.78, 5) is 12.1. The minimum atomic E-state index is -4.36. The molecule has 0 radical (unpaired) electrons. The van der Waals surface area contributed by atoms with E-state index in [-0.39, 0.29) is 16.3 Å². The number of aryl methyl sites for hydroxylation is 2. The number of hydrogen-bond donors (Lipinski definition) is 1. The number of hydrogen-bond acceptors (Lipinski definition) is 7. The van der Waals surface area contributed by atoms with E-state index in [1.54, 1.807) is 19.9 Å². The summed E-state index contributed by atoms with van der Waals surface area (Å²) < 4.78 is 66.8. The number of rotatable bonds is 6. The zero-order valence-corrected chi connectivity index (χ0v) is 19.0. The number of nitrogens with one attached hydrogen (secondary N) is 1. The van der Waals surface area contributed by atoms with E-state index >= 15 is 0 Å². The SMILES string of the molecule is COc1ccc(-c2ccc(=O)n(-c3c(C)noc3C)n2)cc1S(=O)(=O)Nc1ccc(F)cc1F. The molecule has 0 bridgehead atoms. The number of methoxy groups -OCH3 is 1. The van der Waals surface area contributed by atoms with Crippen molar-refractivity contribution in [1.82, 2.24) is 14.9 Å². The fraction of sp³-hybridized carbons (Fsp3) is 0.136. The van der Waals surface area contributed by atoms with E-state index in [2.05, 4.69) is 15.0 Å². The van der Waals surface area contributed by atoms with E-state index in [1.165, 1.54) is 31.4 Å². The van der Waals surface area contributed by atoms with Gasteiger partial charge < -0.3 is 9.26 Å². The van der Waals surface area contributed by atoms with Crippen LogP contribution < -0.4 is 15.0 Å². The number of anilines is 1. The molecule has 2 aromatic heterocycles. The number of aromatic nitrogens is 3. The Bertz CT molecular complexity index is 1540. The van der Waals surface area contributed by atoms with Crippen LogP contribution in [0.5, 0.6) is 5.75 Å². The highest BCUT2D eigenvalue weighted by Gasteiger charge is 2.23. The van der Waals surface area contributed by atoms with E-state index in [1.807, 2.05) is 0 Å². The second kappa shape index (κ2) is 8.71. The van der Waals surface area contributed by atoms with Gasteiger partial charge in [0.2, 0.25) is 0 Å². The van der Waals surface area contributed by atoms with Gasteiger partial charge in [-0.15, -0.1) is 0 Å². The maximum atomic E-state index is 14.1. The lowest BCUT2D eigenvalue weighted by Gasteiger charge is -2.14. The molecule has 2 heterocycles. The normalized spacial score (nSPS) is 11.4. The Kier molecular flexibility index (Phi) is 5.92. The van der Waals surface area contributed by atoms with Crippen molar-refractivity contribution in [2.75, 3.05) is 11.8 Å². The fourth-order valence-corrected chi connectivity index (χ4v) is 4.59. The van der Waals surface area contributed by atoms with Crippen LogP contribution in [0.4, 0.5) is 14.5 Å². The molecular weight excluding hydrogens is 470 g/mol. The largest absolute Gasteiger partial charge is 0.495 e. The Morgan fingerprint density at radius 2 is 1.82 bits per heavy atom. The number of ether oxygens (including phenoxy) is 1. The molecule has 0 unspecified atom stereocenters. The van der Waals surface area contributed by atoms with Crippen LogP contribution in [0.15, 0.2) is 62.7 Å². The lowest BCUT2D eigenvalue weighted by atomic mass is 10.1. The molecule has 1 N–H and O–H groups in total. The predicted molar refractivity (Wildman–Crippen MR) is 119 cm³/mol. The van der Waals surface area contributed by atoms with Gasteiger partial charge in [-0.25, -0.2) is 17.2 Å². The lowest BCUT2D eigenvalue weighted by Crippen LogP contribution is -2.21. The van der Waals surface area contributed by atoms with Crippen LogP contribution in [0.3, 0.4) is 0 Å². The molecule has 0 amide bonds. The molecule has 0 aliphatic carbocycles. The Morgan fingerprint density at radius 3 is 2.47 bits per heavy atom. The number of benzene rings is 2. The third-order valence-corrected chi connectivity index (χ3v) is 6.32. The minimum Gasteiger partial charge on any atom is -0.495 e. The number of nitrogens with zero attached hydrogens (tertiary/aromatic N) is 3. The summed E-state index contributed by atoms with van der Waals surface area (Å²) in [5, 5.41) is 8.16. The molecule has 0 spiro atoms. The van der Waals surface area contributed by atoms with Crippen molar-refractivity contribution in [3.05, 3.63) is 82.0 Å². The Labute approximate surface area is 192 Å². The van der Waals surface area contributed by atoms with Gasteiger partial charge in [0.25, 0.3) is 15.6 Å². The molecule has 0 fully saturated rings. The van der Waals surface area contributed by atoms with Gasteiger partial charge in [-0.2, -0.15) is 9.78 Å². The summed E-state index contributed by atoms with van der Waals surface area (Å²) in [6.45, 7) is 3.29. The van der Waals surface area contributed by atoms with Crippen molar-refractivity contribution < 1.29 is 26.5 Å². The van der Waals surface area contributed by atoms with Crippen LogP contribution in [0.2, 0.25) is 0 Å². The predicted octanol–water partition coefficient (Wildman–Crippen LogP) is 3.59. The van der Waals surface area contributed by atoms with Crippen molar-refractivity contribution in [3.8, 4) is 22.7 Å². The van der Waals surface area contributed by atoms with Crippen molar-refractivity contribution in [3.63, 3.8) is 0 Å². The van der Waals surface area contributed by atoms with Crippen molar-refractivity contribution in [2.45, 2.75) is 18.7 Å². The molecule has 0 saturated carbocycles. The molecule has 12 heteroatoms. The van der Waals surface area contributed by atoms with Crippen molar-refractivity contribution >= 4 is 15.7 Å². The number of halogens is 2. The fourth-order valence-electron chi connectivity index (χ4n) is 3.32. The van der Waals surface area contributed by atoms with Crippen LogP contribution in [-0.4, -0.2) is 30.5 Å². The van der Waals surface area contributed by atoms with E-state index in [4.69, 9.17) is 9.26 Å². The van der Waals surface area contributed by atoms with Gasteiger partial charge in [-0.05, 0) is 50.2 Å². The molecule has 0 saturated heterocycles. The van der Waals surface area contributed by atoms with Gasteiger partial charge in [-0.1, -0.05) is 5.16 Å². The first-order valence-corrected chi connectivity index (χ1v) is 11.3. The van der Waals surface area contributed by atoms with E-state index in [0.717, 1.165) is 16.8 Å². The topological polar surface area (TPSA) is 116 Å². The van der Waals surface area contributed by atoms with E-state index < -0.39 is 32.9 Å². The van der Waals surface area contributed by atoms with E-state index in [9.17, 15) is 22.0 Å². The monoisotopic (exact) mass is 488 g/mol. The molecule has 0 aliphatic heterocycles. The van der Waals surface area contributed by atoms with E-state index in [0.29, 0.717) is 28.8 Å². The Hall–Kier alpha value is -4.06. The average Bonchev–Trinajstić information content (AvgIpc) is 3.13. The molecule has 176 valence electrons. The first-order chi connectivity index (χ1) is 16.1. The number of sulfonamides is 1. The summed E-state index contributed by atoms with van der Waals surface area (Å²) >= 11 is 0. The van der Waals surface area contributed by atoms with Crippen molar-refractivity contribution in [2.24, 2.45) is 0 Å². The van der Waals surface area contributed by atoms with Crippen LogP contribution in [0.1, 0.15) is 11.5 Å². The van der Waals surface area contributed by atoms with Gasteiger partial charge in [0.05, 0.1) is 18.5 Å². The second-order valence-corrected chi connectivity index (χ2v) is 8.89. The van der Waals surface area contributed by atoms with Gasteiger partial charge >= 0.3 is 0 Å². The Morgan fingerprint density at radius 1 is 1.06 bits per heavy atom. The summed E-state index contributed by atoms with van der Waals surface area (Å²) in [5.41, 5.74) is 0.564. The second-order valence-electron chi connectivity index (χ2n) is 7.24. The average molecular weight is 488 g/mol. The first kappa shape index (κ1) is 23.1. The Balaban J connectivity index is 1.81. The minimum absolute atomic E-state index is 0.0159. The maximum Gasteiger partial charge on any atom is 0.271 e. The van der Waals surface area contributed by atoms with Gasteiger partial charge in [0.1, 0.15) is 33.7 Å². The summed E-state index contributed by atoms with van der Waals surface area (Å²) in [5.74, 6) is -1.56. The smallest absolute Gasteiger partial charge is 0.271 e. The quantitative estimate of drug-likeness (QED) is 0.441. The summed E-state index contributed by atoms with van der Waals surface area (Å²) in [7, 11) is -3.08. The zero-order valence-electron chi connectivity index (χ0n) is 18.2. The van der Waals surface area contributed by atoms with Crippen LogP contribution in [0.25, 0.3) is 16.9 Å². The maximum absolute atomic E-state index is 14.1. The highest BCUT2D eigenvalue weighted by molar-refractivity contribution is 7.92. The summed E-state index contributed by atoms with van der Waals surface area (Å²) in [6, 6.07) is 9.40. The highest BCUT2D eigenvalue weighted by atomic mass is 32.2. The van der Waals surface area contributed by atoms with Gasteiger partial charge in [-0.3, -0.25) is 9.52 Å². The molecular formula is C22H18F2N4O5S. The molecule has 4 aromatic rings. The van der Waals surface area contributed by atoms with Crippen LogP contribution in [0, 0.1) is 25.5 Å². The lowest BCUT2D eigenvalue weighted by molar-refractivity contribution is 0.392. The molecule has 34 heavy (non-hydrogen) atoms. The third-order valence-electron chi connectivity index (χ3n) is 4.93. The highest BCUT2D eigenvalue weighted by Crippen LogP contribution is 2.31. The molecule has 4 rings (SSSR count). The standard InChI is InChI=1S/C22H18F2N4O5S/c1-12-22(13(2)33-26-12)28-21(29)9-7-17(25-28)14-4-8-19(32-3)20(10-14)34(30,31)27-18-6-5-15(23)11-16(18)24/h4-11,27H,1-3H3. The zero-order chi connectivity index (χ0) is 24.6. The summed E-state index contributed by atoms with van der Waals surface area (Å²) in [6.07, 6.45) is 0.